The molecule has 1 heterocycles. The van der Waals surface area contributed by atoms with E-state index in [0.717, 1.165) is 34.4 Å². The highest BCUT2D eigenvalue weighted by atomic mass is 16.5. The van der Waals surface area contributed by atoms with Crippen molar-refractivity contribution in [3.05, 3.63) is 59.5 Å². The van der Waals surface area contributed by atoms with Crippen LogP contribution in [-0.4, -0.2) is 24.5 Å². The van der Waals surface area contributed by atoms with Crippen molar-refractivity contribution in [2.75, 3.05) is 13.7 Å². The fourth-order valence-electron chi connectivity index (χ4n) is 2.83. The molecule has 0 radical (unpaired) electrons. The van der Waals surface area contributed by atoms with Gasteiger partial charge in [0.25, 0.3) is 0 Å². The fraction of sp³-hybridized carbons (Fsp3) is 0.300. The predicted octanol–water partition coefficient (Wildman–Crippen LogP) is 3.44. The molecule has 0 spiro atoms. The van der Waals surface area contributed by atoms with Gasteiger partial charge in [-0.05, 0) is 42.2 Å². The van der Waals surface area contributed by atoms with Gasteiger partial charge in [-0.15, -0.1) is 0 Å². The average Bonchev–Trinajstić information content (AvgIpc) is 2.99. The number of methoxy groups -OCH3 is 1. The topological polar surface area (TPSA) is 64.4 Å². The standard InChI is InChI=1S/C20H22N2O3/c1-14-22-17-9-7-15(13-19(17)25-14)11-12-21-20(23)10-8-16-5-3-4-6-18(16)24-2/h3-7,9,13H,8,10-12H2,1-2H3,(H,21,23). The van der Waals surface area contributed by atoms with E-state index in [2.05, 4.69) is 10.3 Å². The average molecular weight is 338 g/mol. The van der Waals surface area contributed by atoms with Crippen LogP contribution in [0, 0.1) is 6.92 Å². The second kappa shape index (κ2) is 7.83. The lowest BCUT2D eigenvalue weighted by atomic mass is 10.1. The van der Waals surface area contributed by atoms with E-state index < -0.39 is 0 Å². The summed E-state index contributed by atoms with van der Waals surface area (Å²) in [5.74, 6) is 1.53. The summed E-state index contributed by atoms with van der Waals surface area (Å²) < 4.78 is 10.8. The molecule has 0 saturated heterocycles. The molecule has 5 heteroatoms. The number of nitrogens with one attached hydrogen (secondary N) is 1. The molecule has 130 valence electrons. The number of nitrogens with zero attached hydrogens (tertiary/aromatic N) is 1. The number of amides is 1. The van der Waals surface area contributed by atoms with Gasteiger partial charge >= 0.3 is 0 Å². The van der Waals surface area contributed by atoms with E-state index in [1.165, 1.54) is 0 Å². The van der Waals surface area contributed by atoms with Gasteiger partial charge in [0.2, 0.25) is 5.91 Å². The van der Waals surface area contributed by atoms with Gasteiger partial charge in [-0.1, -0.05) is 24.3 Å². The maximum absolute atomic E-state index is 12.0. The molecule has 1 amide bonds. The molecule has 0 fully saturated rings. The van der Waals surface area contributed by atoms with Crippen molar-refractivity contribution < 1.29 is 13.9 Å². The molecule has 3 rings (SSSR count). The quantitative estimate of drug-likeness (QED) is 0.717. The number of rotatable bonds is 7. The van der Waals surface area contributed by atoms with Crippen LogP contribution in [0.5, 0.6) is 5.75 Å². The lowest BCUT2D eigenvalue weighted by molar-refractivity contribution is -0.121. The van der Waals surface area contributed by atoms with Crippen LogP contribution in [-0.2, 0) is 17.6 Å². The summed E-state index contributed by atoms with van der Waals surface area (Å²) >= 11 is 0. The highest BCUT2D eigenvalue weighted by molar-refractivity contribution is 5.76. The Hall–Kier alpha value is -2.82. The van der Waals surface area contributed by atoms with Gasteiger partial charge in [0.1, 0.15) is 11.3 Å². The lowest BCUT2D eigenvalue weighted by Crippen LogP contribution is -2.25. The molecular formula is C20H22N2O3. The number of ether oxygens (including phenoxy) is 1. The first kappa shape index (κ1) is 17.0. The maximum Gasteiger partial charge on any atom is 0.220 e. The van der Waals surface area contributed by atoms with Crippen LogP contribution in [0.25, 0.3) is 11.1 Å². The molecule has 0 bridgehead atoms. The number of hydrogen-bond donors (Lipinski definition) is 1. The number of carbonyl (C=O) groups is 1. The second-order valence-corrected chi connectivity index (χ2v) is 5.95. The molecule has 0 aliphatic rings. The summed E-state index contributed by atoms with van der Waals surface area (Å²) in [5, 5.41) is 2.97. The van der Waals surface area contributed by atoms with Crippen LogP contribution in [0.1, 0.15) is 23.4 Å². The first-order valence-corrected chi connectivity index (χ1v) is 8.40. The van der Waals surface area contributed by atoms with Crippen LogP contribution < -0.4 is 10.1 Å². The van der Waals surface area contributed by atoms with E-state index in [0.29, 0.717) is 25.3 Å². The third kappa shape index (κ3) is 4.38. The third-order valence-corrected chi connectivity index (χ3v) is 4.11. The van der Waals surface area contributed by atoms with E-state index in [1.54, 1.807) is 7.11 Å². The van der Waals surface area contributed by atoms with Crippen molar-refractivity contribution in [3.8, 4) is 5.75 Å². The van der Waals surface area contributed by atoms with Crippen molar-refractivity contribution in [2.45, 2.75) is 26.2 Å². The minimum atomic E-state index is 0.0440. The van der Waals surface area contributed by atoms with E-state index in [9.17, 15) is 4.79 Å². The first-order chi connectivity index (χ1) is 12.2. The number of hydrogen-bond acceptors (Lipinski definition) is 4. The van der Waals surface area contributed by atoms with Gasteiger partial charge < -0.3 is 14.5 Å². The number of fused-ring (bicyclic) bond motifs is 1. The van der Waals surface area contributed by atoms with E-state index in [-0.39, 0.29) is 5.91 Å². The van der Waals surface area contributed by atoms with Crippen molar-refractivity contribution in [2.24, 2.45) is 0 Å². The van der Waals surface area contributed by atoms with Crippen molar-refractivity contribution in [1.29, 1.82) is 0 Å². The minimum absolute atomic E-state index is 0.0440. The zero-order chi connectivity index (χ0) is 17.6. The molecule has 3 aromatic rings. The molecule has 2 aromatic carbocycles. The van der Waals surface area contributed by atoms with Crippen molar-refractivity contribution in [3.63, 3.8) is 0 Å². The zero-order valence-corrected chi connectivity index (χ0v) is 14.5. The Morgan fingerprint density at radius 1 is 1.20 bits per heavy atom. The summed E-state index contributed by atoms with van der Waals surface area (Å²) in [7, 11) is 1.64. The smallest absolute Gasteiger partial charge is 0.220 e. The fourth-order valence-corrected chi connectivity index (χ4v) is 2.83. The van der Waals surface area contributed by atoms with Crippen molar-refractivity contribution in [1.82, 2.24) is 10.3 Å². The monoisotopic (exact) mass is 338 g/mol. The normalized spacial score (nSPS) is 10.8. The molecule has 0 atom stereocenters. The summed E-state index contributed by atoms with van der Waals surface area (Å²) in [5.41, 5.74) is 3.82. The molecular weight excluding hydrogens is 316 g/mol. The molecule has 0 aliphatic carbocycles. The van der Waals surface area contributed by atoms with Crippen LogP contribution in [0.2, 0.25) is 0 Å². The highest BCUT2D eigenvalue weighted by Crippen LogP contribution is 2.19. The van der Waals surface area contributed by atoms with E-state index in [4.69, 9.17) is 9.15 Å². The molecule has 25 heavy (non-hydrogen) atoms. The van der Waals surface area contributed by atoms with Gasteiger partial charge in [0.05, 0.1) is 7.11 Å². The summed E-state index contributed by atoms with van der Waals surface area (Å²) in [6.07, 6.45) is 1.87. The Morgan fingerprint density at radius 3 is 2.88 bits per heavy atom. The van der Waals surface area contributed by atoms with E-state index >= 15 is 0 Å². The lowest BCUT2D eigenvalue weighted by Gasteiger charge is -2.08. The zero-order valence-electron chi connectivity index (χ0n) is 14.5. The number of para-hydroxylation sites is 1. The Morgan fingerprint density at radius 2 is 2.04 bits per heavy atom. The van der Waals surface area contributed by atoms with Crippen LogP contribution in [0.3, 0.4) is 0 Å². The molecule has 0 saturated carbocycles. The Labute approximate surface area is 147 Å². The molecule has 1 N–H and O–H groups in total. The van der Waals surface area contributed by atoms with Crippen LogP contribution >= 0.6 is 0 Å². The number of aryl methyl sites for hydroxylation is 2. The number of aromatic nitrogens is 1. The first-order valence-electron chi connectivity index (χ1n) is 8.40. The van der Waals surface area contributed by atoms with Gasteiger partial charge in [-0.25, -0.2) is 4.98 Å². The molecule has 5 nitrogen and oxygen atoms in total. The number of benzene rings is 2. The van der Waals surface area contributed by atoms with E-state index in [1.807, 2.05) is 49.4 Å². The van der Waals surface area contributed by atoms with Crippen LogP contribution in [0.15, 0.2) is 46.9 Å². The minimum Gasteiger partial charge on any atom is -0.496 e. The summed E-state index contributed by atoms with van der Waals surface area (Å²) in [6, 6.07) is 13.7. The largest absolute Gasteiger partial charge is 0.496 e. The SMILES string of the molecule is COc1ccccc1CCC(=O)NCCc1ccc2nc(C)oc2c1. The third-order valence-electron chi connectivity index (χ3n) is 4.11. The maximum atomic E-state index is 12.0. The number of oxazole rings is 1. The number of carbonyl (C=O) groups excluding carboxylic acids is 1. The molecule has 0 aliphatic heterocycles. The van der Waals surface area contributed by atoms with Gasteiger partial charge in [-0.2, -0.15) is 0 Å². The Bertz CT molecular complexity index is 870. The second-order valence-electron chi connectivity index (χ2n) is 5.95. The van der Waals surface area contributed by atoms with Gasteiger partial charge in [0.15, 0.2) is 11.5 Å². The van der Waals surface area contributed by atoms with Gasteiger partial charge in [-0.3, -0.25) is 4.79 Å². The molecule has 0 unspecified atom stereocenters. The van der Waals surface area contributed by atoms with Crippen molar-refractivity contribution >= 4 is 17.0 Å². The van der Waals surface area contributed by atoms with Gasteiger partial charge in [0, 0.05) is 19.9 Å². The summed E-state index contributed by atoms with van der Waals surface area (Å²) in [6.45, 7) is 2.44. The predicted molar refractivity (Wildman–Crippen MR) is 96.8 cm³/mol. The molecule has 1 aromatic heterocycles. The Balaban J connectivity index is 1.47. The highest BCUT2D eigenvalue weighted by Gasteiger charge is 2.07. The summed E-state index contributed by atoms with van der Waals surface area (Å²) in [4.78, 5) is 16.3. The Kier molecular flexibility index (Phi) is 5.33. The van der Waals surface area contributed by atoms with Crippen LogP contribution in [0.4, 0.5) is 0 Å².